The third-order valence-corrected chi connectivity index (χ3v) is 5.25. The Morgan fingerprint density at radius 2 is 1.00 bits per heavy atom. The van der Waals surface area contributed by atoms with Crippen molar-refractivity contribution in [2.75, 3.05) is 19.6 Å². The lowest BCUT2D eigenvalue weighted by Crippen LogP contribution is -2.23. The fourth-order valence-electron chi connectivity index (χ4n) is 3.27. The van der Waals surface area contributed by atoms with E-state index in [1.807, 2.05) is 12.1 Å². The number of benzene rings is 2. The number of hydrogen-bond donors (Lipinski definition) is 0. The molecule has 0 saturated carbocycles. The molecule has 0 radical (unpaired) electrons. The number of unbranched alkanes of at least 4 members (excludes halogenated alkanes) is 6. The van der Waals surface area contributed by atoms with Crippen LogP contribution in [0.4, 0.5) is 0 Å². The number of rotatable bonds is 13. The van der Waals surface area contributed by atoms with Crippen LogP contribution in [0.15, 0.2) is 60.7 Å². The van der Waals surface area contributed by atoms with Gasteiger partial charge in [0.05, 0.1) is 0 Å². The molecule has 164 valence electrons. The van der Waals surface area contributed by atoms with Crippen LogP contribution in [0.3, 0.4) is 0 Å². The average Bonchev–Trinajstić information content (AvgIpc) is 2.81. The van der Waals surface area contributed by atoms with Crippen LogP contribution in [0.2, 0.25) is 0 Å². The highest BCUT2D eigenvalue weighted by Gasteiger charge is 2.17. The molecule has 2 rings (SSSR count). The SMILES string of the molecule is CCCCCCCCCN(CC)CC.O=C(C(=O)c1ccccc1)c1ccccc1. The highest BCUT2D eigenvalue weighted by Crippen LogP contribution is 2.08. The quantitative estimate of drug-likeness (QED) is 0.207. The average molecular weight is 410 g/mol. The molecule has 0 heterocycles. The van der Waals surface area contributed by atoms with E-state index in [1.54, 1.807) is 48.5 Å². The van der Waals surface area contributed by atoms with E-state index in [9.17, 15) is 9.59 Å². The summed E-state index contributed by atoms with van der Waals surface area (Å²) >= 11 is 0. The number of carbonyl (C=O) groups is 2. The van der Waals surface area contributed by atoms with Gasteiger partial charge in [-0.1, -0.05) is 120 Å². The summed E-state index contributed by atoms with van der Waals surface area (Å²) in [6.07, 6.45) is 9.96. The zero-order chi connectivity index (χ0) is 22.0. The first-order valence-corrected chi connectivity index (χ1v) is 11.5. The monoisotopic (exact) mass is 409 g/mol. The lowest BCUT2D eigenvalue weighted by Gasteiger charge is -2.17. The summed E-state index contributed by atoms with van der Waals surface area (Å²) < 4.78 is 0. The Bertz CT molecular complexity index is 644. The molecule has 0 aliphatic rings. The van der Waals surface area contributed by atoms with E-state index in [-0.39, 0.29) is 0 Å². The molecule has 0 atom stereocenters. The van der Waals surface area contributed by atoms with E-state index in [4.69, 9.17) is 0 Å². The van der Waals surface area contributed by atoms with E-state index in [0.29, 0.717) is 11.1 Å². The smallest absolute Gasteiger partial charge is 0.233 e. The molecular weight excluding hydrogens is 370 g/mol. The van der Waals surface area contributed by atoms with Crippen molar-refractivity contribution >= 4 is 11.6 Å². The van der Waals surface area contributed by atoms with Gasteiger partial charge in [-0.05, 0) is 26.1 Å². The van der Waals surface area contributed by atoms with Gasteiger partial charge in [0.25, 0.3) is 0 Å². The lowest BCUT2D eigenvalue weighted by atomic mass is 10.0. The molecule has 0 amide bonds. The molecule has 0 aliphatic heterocycles. The van der Waals surface area contributed by atoms with Crippen LogP contribution in [-0.2, 0) is 0 Å². The number of nitrogens with zero attached hydrogens (tertiary/aromatic N) is 1. The number of carbonyl (C=O) groups excluding carboxylic acids is 2. The van der Waals surface area contributed by atoms with Crippen molar-refractivity contribution in [2.45, 2.75) is 65.7 Å². The number of ketones is 2. The molecule has 0 unspecified atom stereocenters. The van der Waals surface area contributed by atoms with Gasteiger partial charge in [-0.3, -0.25) is 9.59 Å². The highest BCUT2D eigenvalue weighted by molar-refractivity contribution is 6.49. The standard InChI is InChI=1S/C14H10O2.C13H29N/c15-13(11-7-3-1-4-8-11)14(16)12-9-5-2-6-10-12;1-4-7-8-9-10-11-12-13-14(5-2)6-3/h1-10H;4-13H2,1-3H3. The Hall–Kier alpha value is -2.26. The van der Waals surface area contributed by atoms with Crippen molar-refractivity contribution in [3.05, 3.63) is 71.8 Å². The summed E-state index contributed by atoms with van der Waals surface area (Å²) in [5.74, 6) is -0.932. The summed E-state index contributed by atoms with van der Waals surface area (Å²) in [7, 11) is 0. The van der Waals surface area contributed by atoms with Crippen molar-refractivity contribution in [3.63, 3.8) is 0 Å². The maximum absolute atomic E-state index is 11.8. The molecule has 0 bridgehead atoms. The fraction of sp³-hybridized carbons (Fsp3) is 0.481. The van der Waals surface area contributed by atoms with Crippen LogP contribution in [0.25, 0.3) is 0 Å². The van der Waals surface area contributed by atoms with Crippen LogP contribution >= 0.6 is 0 Å². The van der Waals surface area contributed by atoms with Crippen LogP contribution in [0.1, 0.15) is 86.4 Å². The van der Waals surface area contributed by atoms with Crippen molar-refractivity contribution < 1.29 is 9.59 Å². The second kappa shape index (κ2) is 16.5. The molecule has 0 fully saturated rings. The Morgan fingerprint density at radius 1 is 0.600 bits per heavy atom. The molecular formula is C27H39NO2. The van der Waals surface area contributed by atoms with Gasteiger partial charge in [0, 0.05) is 11.1 Å². The highest BCUT2D eigenvalue weighted by atomic mass is 16.2. The van der Waals surface area contributed by atoms with Gasteiger partial charge >= 0.3 is 0 Å². The van der Waals surface area contributed by atoms with Crippen molar-refractivity contribution in [1.29, 1.82) is 0 Å². The Kier molecular flexibility index (Phi) is 14.2. The third-order valence-electron chi connectivity index (χ3n) is 5.25. The summed E-state index contributed by atoms with van der Waals surface area (Å²) in [6.45, 7) is 10.5. The molecule has 3 nitrogen and oxygen atoms in total. The second-order valence-electron chi connectivity index (χ2n) is 7.54. The predicted octanol–water partition coefficient (Wildman–Crippen LogP) is 6.83. The minimum Gasteiger partial charge on any atom is -0.304 e. The van der Waals surface area contributed by atoms with Gasteiger partial charge in [-0.25, -0.2) is 0 Å². The zero-order valence-electron chi connectivity index (χ0n) is 19.1. The molecule has 0 aliphatic carbocycles. The van der Waals surface area contributed by atoms with Crippen LogP contribution < -0.4 is 0 Å². The summed E-state index contributed by atoms with van der Waals surface area (Å²) in [5.41, 5.74) is 0.854. The molecule has 2 aromatic carbocycles. The number of hydrogen-bond acceptors (Lipinski definition) is 3. The minimum absolute atomic E-state index is 0.427. The van der Waals surface area contributed by atoms with Gasteiger partial charge in [0.15, 0.2) is 0 Å². The molecule has 2 aromatic rings. The maximum Gasteiger partial charge on any atom is 0.233 e. The van der Waals surface area contributed by atoms with E-state index < -0.39 is 11.6 Å². The number of Topliss-reactive ketones (excluding diaryl/α,β-unsaturated/α-hetero) is 2. The zero-order valence-corrected chi connectivity index (χ0v) is 19.1. The molecule has 0 aromatic heterocycles. The van der Waals surface area contributed by atoms with E-state index in [1.165, 1.54) is 64.6 Å². The van der Waals surface area contributed by atoms with E-state index in [0.717, 1.165) is 0 Å². The first kappa shape index (κ1) is 25.8. The largest absolute Gasteiger partial charge is 0.304 e. The van der Waals surface area contributed by atoms with Gasteiger partial charge in [-0.2, -0.15) is 0 Å². The van der Waals surface area contributed by atoms with Gasteiger partial charge in [0.1, 0.15) is 0 Å². The van der Waals surface area contributed by atoms with Crippen LogP contribution in [-0.4, -0.2) is 36.1 Å². The fourth-order valence-corrected chi connectivity index (χ4v) is 3.27. The van der Waals surface area contributed by atoms with E-state index in [2.05, 4.69) is 25.7 Å². The van der Waals surface area contributed by atoms with Crippen molar-refractivity contribution in [1.82, 2.24) is 4.90 Å². The van der Waals surface area contributed by atoms with Gasteiger partial charge < -0.3 is 4.90 Å². The Morgan fingerprint density at radius 3 is 1.40 bits per heavy atom. The van der Waals surface area contributed by atoms with E-state index >= 15 is 0 Å². The third kappa shape index (κ3) is 10.5. The van der Waals surface area contributed by atoms with Gasteiger partial charge in [-0.15, -0.1) is 0 Å². The van der Waals surface area contributed by atoms with Gasteiger partial charge in [0.2, 0.25) is 11.6 Å². The molecule has 30 heavy (non-hydrogen) atoms. The first-order valence-electron chi connectivity index (χ1n) is 11.5. The maximum atomic E-state index is 11.8. The molecule has 0 spiro atoms. The summed E-state index contributed by atoms with van der Waals surface area (Å²) in [6, 6.07) is 17.2. The van der Waals surface area contributed by atoms with Crippen molar-refractivity contribution in [3.8, 4) is 0 Å². The van der Waals surface area contributed by atoms with Crippen LogP contribution in [0.5, 0.6) is 0 Å². The minimum atomic E-state index is -0.466. The first-order chi connectivity index (χ1) is 14.6. The summed E-state index contributed by atoms with van der Waals surface area (Å²) in [4.78, 5) is 26.1. The van der Waals surface area contributed by atoms with Crippen LogP contribution in [0, 0.1) is 0 Å². The predicted molar refractivity (Wildman–Crippen MR) is 127 cm³/mol. The second-order valence-corrected chi connectivity index (χ2v) is 7.54. The molecule has 0 saturated heterocycles. The topological polar surface area (TPSA) is 37.4 Å². The Balaban J connectivity index is 0.000000304. The molecule has 3 heteroatoms. The Labute approximate surface area is 183 Å². The van der Waals surface area contributed by atoms with Crippen molar-refractivity contribution in [2.24, 2.45) is 0 Å². The summed E-state index contributed by atoms with van der Waals surface area (Å²) in [5, 5.41) is 0. The lowest BCUT2D eigenvalue weighted by molar-refractivity contribution is 0.0817. The normalized spacial score (nSPS) is 10.4. The molecule has 0 N–H and O–H groups in total.